The van der Waals surface area contributed by atoms with Crippen molar-refractivity contribution >= 4 is 39.1 Å². The summed E-state index contributed by atoms with van der Waals surface area (Å²) >= 11 is 6.11. The Labute approximate surface area is 185 Å². The molecule has 4 rings (SSSR count). The summed E-state index contributed by atoms with van der Waals surface area (Å²) in [6, 6.07) is 20.7. The molecule has 1 aliphatic rings. The van der Waals surface area contributed by atoms with Gasteiger partial charge in [-0.3, -0.25) is 0 Å². The smallest absolute Gasteiger partial charge is 0.338 e. The van der Waals surface area contributed by atoms with E-state index in [4.69, 9.17) is 16.3 Å². The molecule has 0 spiro atoms. The predicted octanol–water partition coefficient (Wildman–Crippen LogP) is 4.46. The number of esters is 1. The third kappa shape index (κ3) is 4.33. The first-order valence-corrected chi connectivity index (χ1v) is 11.4. The van der Waals surface area contributed by atoms with Crippen LogP contribution in [-0.4, -0.2) is 33.4 Å². The van der Waals surface area contributed by atoms with Crippen LogP contribution in [0.15, 0.2) is 82.1 Å². The minimum atomic E-state index is -3.80. The van der Waals surface area contributed by atoms with E-state index in [2.05, 4.69) is 4.40 Å². The molecule has 158 valence electrons. The highest BCUT2D eigenvalue weighted by molar-refractivity contribution is 7.90. The second kappa shape index (κ2) is 8.53. The maximum Gasteiger partial charge on any atom is 0.338 e. The molecular formula is C23H19ClN2O4S. The zero-order valence-corrected chi connectivity index (χ0v) is 18.2. The molecular weight excluding hydrogens is 436 g/mol. The first-order valence-electron chi connectivity index (χ1n) is 9.57. The van der Waals surface area contributed by atoms with Crippen molar-refractivity contribution in [3.63, 3.8) is 0 Å². The number of anilines is 1. The molecule has 3 aromatic rings. The summed E-state index contributed by atoms with van der Waals surface area (Å²) < 4.78 is 34.6. The Morgan fingerprint density at radius 3 is 2.48 bits per heavy atom. The van der Waals surface area contributed by atoms with Crippen molar-refractivity contribution < 1.29 is 17.9 Å². The van der Waals surface area contributed by atoms with Crippen LogP contribution in [0.4, 0.5) is 5.69 Å². The van der Waals surface area contributed by atoms with Gasteiger partial charge in [-0.25, -0.2) is 4.79 Å². The monoisotopic (exact) mass is 454 g/mol. The van der Waals surface area contributed by atoms with Gasteiger partial charge in [0.25, 0.3) is 10.0 Å². The van der Waals surface area contributed by atoms with E-state index >= 15 is 0 Å². The lowest BCUT2D eigenvalue weighted by atomic mass is 10.1. The van der Waals surface area contributed by atoms with E-state index in [1.807, 2.05) is 13.0 Å². The molecule has 0 aliphatic carbocycles. The van der Waals surface area contributed by atoms with Crippen molar-refractivity contribution in [1.29, 1.82) is 0 Å². The van der Waals surface area contributed by atoms with Crippen molar-refractivity contribution in [2.75, 3.05) is 18.1 Å². The van der Waals surface area contributed by atoms with Crippen molar-refractivity contribution in [3.05, 3.63) is 94.5 Å². The summed E-state index contributed by atoms with van der Waals surface area (Å²) in [4.78, 5) is 14.2. The normalized spacial score (nSPS) is 13.9. The van der Waals surface area contributed by atoms with Gasteiger partial charge >= 0.3 is 5.97 Å². The number of fused-ring (bicyclic) bond motifs is 1. The molecule has 0 saturated heterocycles. The van der Waals surface area contributed by atoms with Crippen LogP contribution in [0.3, 0.4) is 0 Å². The number of rotatable bonds is 5. The number of halogens is 1. The SMILES string of the molecule is Cc1cc(Cl)ccc1N(CCOC(=O)c1ccccc1)C1=NS(=O)(=O)c2ccccc21. The third-order valence-electron chi connectivity index (χ3n) is 4.88. The van der Waals surface area contributed by atoms with Gasteiger partial charge in [0.15, 0.2) is 5.84 Å². The van der Waals surface area contributed by atoms with E-state index in [0.717, 1.165) is 11.3 Å². The molecule has 0 atom stereocenters. The standard InChI is InChI=1S/C23H19ClN2O4S/c1-16-15-18(24)11-12-20(16)26(13-14-30-23(27)17-7-3-2-4-8-17)22-19-9-5-6-10-21(19)31(28,29)25-22/h2-12,15H,13-14H2,1H3. The summed E-state index contributed by atoms with van der Waals surface area (Å²) in [6.45, 7) is 2.13. The predicted molar refractivity (Wildman–Crippen MR) is 120 cm³/mol. The highest BCUT2D eigenvalue weighted by Crippen LogP contribution is 2.32. The molecule has 0 aromatic heterocycles. The Morgan fingerprint density at radius 2 is 1.74 bits per heavy atom. The second-order valence-electron chi connectivity index (χ2n) is 6.97. The first-order chi connectivity index (χ1) is 14.9. The van der Waals surface area contributed by atoms with Gasteiger partial charge in [-0.2, -0.15) is 8.42 Å². The van der Waals surface area contributed by atoms with Crippen LogP contribution in [0, 0.1) is 6.92 Å². The highest BCUT2D eigenvalue weighted by Gasteiger charge is 2.32. The van der Waals surface area contributed by atoms with Crippen LogP contribution in [0.5, 0.6) is 0 Å². The molecule has 0 saturated carbocycles. The molecule has 0 radical (unpaired) electrons. The summed E-state index contributed by atoms with van der Waals surface area (Å²) in [6.07, 6.45) is 0. The number of nitrogens with zero attached hydrogens (tertiary/aromatic N) is 2. The van der Waals surface area contributed by atoms with E-state index in [9.17, 15) is 13.2 Å². The van der Waals surface area contributed by atoms with Gasteiger partial charge in [0, 0.05) is 16.3 Å². The lowest BCUT2D eigenvalue weighted by Gasteiger charge is -2.26. The number of benzene rings is 3. The largest absolute Gasteiger partial charge is 0.460 e. The van der Waals surface area contributed by atoms with E-state index in [0.29, 0.717) is 16.1 Å². The van der Waals surface area contributed by atoms with Crippen LogP contribution in [0.1, 0.15) is 21.5 Å². The molecule has 0 fully saturated rings. The summed E-state index contributed by atoms with van der Waals surface area (Å²) in [5.74, 6) is -0.161. The minimum absolute atomic E-state index is 0.0387. The number of sulfonamides is 1. The quantitative estimate of drug-likeness (QED) is 0.532. The van der Waals surface area contributed by atoms with Gasteiger partial charge in [-0.1, -0.05) is 41.9 Å². The van der Waals surface area contributed by atoms with Crippen molar-refractivity contribution in [1.82, 2.24) is 0 Å². The Kier molecular flexibility index (Phi) is 5.80. The lowest BCUT2D eigenvalue weighted by Crippen LogP contribution is -2.35. The fraction of sp³-hybridized carbons (Fsp3) is 0.130. The van der Waals surface area contributed by atoms with Gasteiger partial charge in [-0.15, -0.1) is 4.40 Å². The zero-order valence-electron chi connectivity index (χ0n) is 16.7. The molecule has 1 aliphatic heterocycles. The van der Waals surface area contributed by atoms with Gasteiger partial charge in [0.2, 0.25) is 0 Å². The number of amidine groups is 1. The van der Waals surface area contributed by atoms with Crippen molar-refractivity contribution in [3.8, 4) is 0 Å². The summed E-state index contributed by atoms with van der Waals surface area (Å²) in [7, 11) is -3.80. The van der Waals surface area contributed by atoms with E-state index < -0.39 is 16.0 Å². The first kappa shape index (κ1) is 21.1. The number of carbonyl (C=O) groups excluding carboxylic acids is 1. The van der Waals surface area contributed by atoms with Crippen LogP contribution in [0.2, 0.25) is 5.02 Å². The second-order valence-corrected chi connectivity index (χ2v) is 8.98. The Morgan fingerprint density at radius 1 is 1.03 bits per heavy atom. The van der Waals surface area contributed by atoms with Crippen LogP contribution < -0.4 is 4.90 Å². The Hall–Kier alpha value is -3.16. The molecule has 31 heavy (non-hydrogen) atoms. The molecule has 6 nitrogen and oxygen atoms in total. The van der Waals surface area contributed by atoms with Gasteiger partial charge in [-0.05, 0) is 55.0 Å². The summed E-state index contributed by atoms with van der Waals surface area (Å²) in [5, 5.41) is 0.568. The number of aryl methyl sites for hydroxylation is 1. The molecule has 0 unspecified atom stereocenters. The topological polar surface area (TPSA) is 76.0 Å². The van der Waals surface area contributed by atoms with Gasteiger partial charge in [0.1, 0.15) is 11.5 Å². The van der Waals surface area contributed by atoms with Crippen LogP contribution in [-0.2, 0) is 14.8 Å². The zero-order chi connectivity index (χ0) is 22.0. The fourth-order valence-electron chi connectivity index (χ4n) is 3.43. The minimum Gasteiger partial charge on any atom is -0.460 e. The average Bonchev–Trinajstić information content (AvgIpc) is 3.03. The maximum absolute atomic E-state index is 12.6. The molecule has 0 N–H and O–H groups in total. The lowest BCUT2D eigenvalue weighted by molar-refractivity contribution is 0.0517. The number of ether oxygens (including phenoxy) is 1. The molecule has 0 bridgehead atoms. The molecule has 0 amide bonds. The van der Waals surface area contributed by atoms with E-state index in [-0.39, 0.29) is 23.9 Å². The van der Waals surface area contributed by atoms with Crippen molar-refractivity contribution in [2.45, 2.75) is 11.8 Å². The van der Waals surface area contributed by atoms with Gasteiger partial charge < -0.3 is 9.64 Å². The highest BCUT2D eigenvalue weighted by atomic mass is 35.5. The average molecular weight is 455 g/mol. The number of hydrogen-bond acceptors (Lipinski definition) is 5. The summed E-state index contributed by atoms with van der Waals surface area (Å²) in [5.41, 5.74) is 2.52. The van der Waals surface area contributed by atoms with Crippen molar-refractivity contribution in [2.24, 2.45) is 4.40 Å². The number of carbonyl (C=O) groups is 1. The van der Waals surface area contributed by atoms with E-state index in [1.165, 1.54) is 6.07 Å². The molecule has 3 aromatic carbocycles. The fourth-order valence-corrected chi connectivity index (χ4v) is 4.87. The third-order valence-corrected chi connectivity index (χ3v) is 6.44. The Balaban J connectivity index is 1.66. The van der Waals surface area contributed by atoms with Crippen LogP contribution >= 0.6 is 11.6 Å². The van der Waals surface area contributed by atoms with Gasteiger partial charge in [0.05, 0.1) is 12.1 Å². The number of hydrogen-bond donors (Lipinski definition) is 0. The molecule has 8 heteroatoms. The molecule has 1 heterocycles. The maximum atomic E-state index is 12.6. The van der Waals surface area contributed by atoms with Crippen LogP contribution in [0.25, 0.3) is 0 Å². The Bertz CT molecular complexity index is 1270. The van der Waals surface area contributed by atoms with E-state index in [1.54, 1.807) is 65.6 Å².